The summed E-state index contributed by atoms with van der Waals surface area (Å²) >= 11 is 2.15. The topological polar surface area (TPSA) is 0 Å². The minimum absolute atomic E-state index is 0.263. The Kier molecular flexibility index (Phi) is 3.92. The van der Waals surface area contributed by atoms with Gasteiger partial charge in [0.25, 0.3) is 0 Å². The van der Waals surface area contributed by atoms with Gasteiger partial charge in [-0.1, -0.05) is 94.8 Å². The molecule has 1 aliphatic heterocycles. The molecule has 2 fully saturated rings. The Hall–Kier alpha value is -1.47. The van der Waals surface area contributed by atoms with Gasteiger partial charge < -0.3 is 0 Å². The highest BCUT2D eigenvalue weighted by Crippen LogP contribution is 2.79. The van der Waals surface area contributed by atoms with E-state index in [0.29, 0.717) is 10.8 Å². The van der Waals surface area contributed by atoms with E-state index in [1.54, 1.807) is 4.91 Å². The minimum Gasteiger partial charge on any atom is -0.115 e. The zero-order valence-electron chi connectivity index (χ0n) is 15.8. The molecule has 1 heterocycles. The highest BCUT2D eigenvalue weighted by atomic mass is 32.2. The van der Waals surface area contributed by atoms with Crippen molar-refractivity contribution in [2.45, 2.75) is 51.7 Å². The fourth-order valence-corrected chi connectivity index (χ4v) is 7.13. The summed E-state index contributed by atoms with van der Waals surface area (Å²) < 4.78 is 0.263. The Morgan fingerprint density at radius 3 is 1.60 bits per heavy atom. The van der Waals surface area contributed by atoms with Gasteiger partial charge in [0.15, 0.2) is 0 Å². The molecule has 1 spiro atoms. The Bertz CT molecular complexity index is 739. The first-order chi connectivity index (χ1) is 11.9. The molecule has 1 saturated heterocycles. The molecule has 130 valence electrons. The molecule has 2 aromatic rings. The average molecular weight is 349 g/mol. The van der Waals surface area contributed by atoms with Gasteiger partial charge in [-0.15, -0.1) is 11.8 Å². The van der Waals surface area contributed by atoms with Gasteiger partial charge in [-0.25, -0.2) is 0 Å². The van der Waals surface area contributed by atoms with Crippen molar-refractivity contribution in [3.8, 4) is 0 Å². The summed E-state index contributed by atoms with van der Waals surface area (Å²) in [6.07, 6.45) is 4.00. The van der Waals surface area contributed by atoms with E-state index in [0.717, 1.165) is 0 Å². The lowest BCUT2D eigenvalue weighted by Crippen LogP contribution is -2.47. The second kappa shape index (κ2) is 5.77. The van der Waals surface area contributed by atoms with Crippen molar-refractivity contribution in [2.24, 2.45) is 10.8 Å². The van der Waals surface area contributed by atoms with Gasteiger partial charge >= 0.3 is 0 Å². The predicted octanol–water partition coefficient (Wildman–Crippen LogP) is 7.17. The Labute approximate surface area is 156 Å². The smallest absolute Gasteiger partial charge is 0.0620 e. The Morgan fingerprint density at radius 2 is 1.16 bits per heavy atom. The second-order valence-electron chi connectivity index (χ2n) is 8.84. The van der Waals surface area contributed by atoms with Crippen LogP contribution in [-0.2, 0) is 0 Å². The van der Waals surface area contributed by atoms with E-state index in [1.165, 1.54) is 36.0 Å². The van der Waals surface area contributed by atoms with Crippen molar-refractivity contribution < 1.29 is 0 Å². The standard InChI is InChI=1S/C24H28S/c1-22(2)16-11-17-23(3,4)24(22)21(25-24)20(18-12-7-5-8-13-18)19-14-9-6-10-15-19/h5-10,12-15H,11,16-17H2,1-4H3. The van der Waals surface area contributed by atoms with Crippen molar-refractivity contribution in [1.29, 1.82) is 0 Å². The van der Waals surface area contributed by atoms with E-state index in [2.05, 4.69) is 100 Å². The summed E-state index contributed by atoms with van der Waals surface area (Å²) in [6, 6.07) is 21.9. The molecule has 0 amide bonds. The molecule has 1 aliphatic carbocycles. The molecule has 1 saturated carbocycles. The molecule has 0 unspecified atom stereocenters. The van der Waals surface area contributed by atoms with E-state index in [-0.39, 0.29) is 4.75 Å². The van der Waals surface area contributed by atoms with Crippen LogP contribution in [0.1, 0.15) is 58.1 Å². The van der Waals surface area contributed by atoms with Gasteiger partial charge in [0.2, 0.25) is 0 Å². The number of hydrogen-bond acceptors (Lipinski definition) is 1. The molecular formula is C24H28S. The van der Waals surface area contributed by atoms with Crippen LogP contribution in [0.25, 0.3) is 5.57 Å². The molecule has 1 heteroatoms. The highest BCUT2D eigenvalue weighted by Gasteiger charge is 2.69. The summed E-state index contributed by atoms with van der Waals surface area (Å²) in [6.45, 7) is 9.95. The lowest BCUT2D eigenvalue weighted by Gasteiger charge is -2.49. The number of hydrogen-bond donors (Lipinski definition) is 0. The van der Waals surface area contributed by atoms with Gasteiger partial charge in [-0.2, -0.15) is 0 Å². The van der Waals surface area contributed by atoms with Crippen LogP contribution in [0.3, 0.4) is 0 Å². The maximum Gasteiger partial charge on any atom is 0.0620 e. The summed E-state index contributed by atoms with van der Waals surface area (Å²) in [5, 5.41) is 0. The van der Waals surface area contributed by atoms with E-state index in [1.807, 2.05) is 0 Å². The highest BCUT2D eigenvalue weighted by molar-refractivity contribution is 8.13. The van der Waals surface area contributed by atoms with Crippen LogP contribution in [0.15, 0.2) is 65.6 Å². The summed E-state index contributed by atoms with van der Waals surface area (Å²) in [5.74, 6) is 0. The number of rotatable bonds is 2. The zero-order valence-corrected chi connectivity index (χ0v) is 16.6. The van der Waals surface area contributed by atoms with Crippen LogP contribution in [0, 0.1) is 10.8 Å². The first-order valence-electron chi connectivity index (χ1n) is 9.44. The second-order valence-corrected chi connectivity index (χ2v) is 10.1. The summed E-state index contributed by atoms with van der Waals surface area (Å²) in [7, 11) is 0. The predicted molar refractivity (Wildman–Crippen MR) is 111 cm³/mol. The van der Waals surface area contributed by atoms with Crippen LogP contribution in [0.2, 0.25) is 0 Å². The molecular weight excluding hydrogens is 320 g/mol. The van der Waals surface area contributed by atoms with Gasteiger partial charge in [0.1, 0.15) is 0 Å². The molecule has 0 radical (unpaired) electrons. The van der Waals surface area contributed by atoms with Crippen molar-refractivity contribution in [2.75, 3.05) is 0 Å². The SMILES string of the molecule is CC1(C)CCCC(C)(C)C12SC2=C(c1ccccc1)c1ccccc1. The van der Waals surface area contributed by atoms with Crippen molar-refractivity contribution in [1.82, 2.24) is 0 Å². The number of thioether (sulfide) groups is 1. The van der Waals surface area contributed by atoms with Crippen molar-refractivity contribution in [3.63, 3.8) is 0 Å². The molecule has 2 aliphatic rings. The largest absolute Gasteiger partial charge is 0.115 e. The third kappa shape index (κ3) is 2.51. The molecule has 25 heavy (non-hydrogen) atoms. The summed E-state index contributed by atoms with van der Waals surface area (Å²) in [5.41, 5.74) is 4.83. The third-order valence-corrected chi connectivity index (χ3v) is 8.52. The molecule has 0 bridgehead atoms. The first kappa shape index (κ1) is 17.0. The average Bonchev–Trinajstić information content (AvgIpc) is 3.33. The van der Waals surface area contributed by atoms with Crippen molar-refractivity contribution in [3.05, 3.63) is 76.7 Å². The molecule has 0 nitrogen and oxygen atoms in total. The van der Waals surface area contributed by atoms with E-state index in [9.17, 15) is 0 Å². The molecule has 0 atom stereocenters. The van der Waals surface area contributed by atoms with Crippen LogP contribution in [0.4, 0.5) is 0 Å². The first-order valence-corrected chi connectivity index (χ1v) is 10.3. The maximum absolute atomic E-state index is 2.49. The zero-order chi connectivity index (χ0) is 17.7. The monoisotopic (exact) mass is 348 g/mol. The molecule has 0 N–H and O–H groups in total. The van der Waals surface area contributed by atoms with E-state index in [4.69, 9.17) is 0 Å². The fraction of sp³-hybridized carbons (Fsp3) is 0.417. The van der Waals surface area contributed by atoms with Crippen LogP contribution in [0.5, 0.6) is 0 Å². The quantitative estimate of drug-likeness (QED) is 0.518. The summed E-state index contributed by atoms with van der Waals surface area (Å²) in [4.78, 5) is 1.61. The van der Waals surface area contributed by atoms with Gasteiger partial charge in [0.05, 0.1) is 4.75 Å². The number of benzene rings is 2. The lowest BCUT2D eigenvalue weighted by atomic mass is 9.56. The van der Waals surface area contributed by atoms with Crippen LogP contribution < -0.4 is 0 Å². The van der Waals surface area contributed by atoms with Crippen molar-refractivity contribution >= 4 is 17.3 Å². The Morgan fingerprint density at radius 1 is 0.720 bits per heavy atom. The normalized spacial score (nSPS) is 22.6. The molecule has 2 aromatic carbocycles. The fourth-order valence-electron chi connectivity index (χ4n) is 5.12. The van der Waals surface area contributed by atoms with Gasteiger partial charge in [-0.05, 0) is 40.4 Å². The van der Waals surface area contributed by atoms with E-state index >= 15 is 0 Å². The minimum atomic E-state index is 0.263. The van der Waals surface area contributed by atoms with Crippen LogP contribution >= 0.6 is 11.8 Å². The lowest BCUT2D eigenvalue weighted by molar-refractivity contribution is 0.0923. The molecule has 0 aromatic heterocycles. The van der Waals surface area contributed by atoms with Gasteiger partial charge in [0, 0.05) is 4.91 Å². The maximum atomic E-state index is 2.49. The van der Waals surface area contributed by atoms with E-state index < -0.39 is 0 Å². The van der Waals surface area contributed by atoms with Gasteiger partial charge in [-0.3, -0.25) is 0 Å². The third-order valence-electron chi connectivity index (χ3n) is 6.39. The van der Waals surface area contributed by atoms with Crippen LogP contribution in [-0.4, -0.2) is 4.75 Å². The molecule has 4 rings (SSSR count). The Balaban J connectivity index is 1.94.